The largest absolute Gasteiger partial charge is 0.481 e. The molecule has 0 aliphatic carbocycles. The number of H-pyrrole nitrogens is 1. The number of aromatic nitrogens is 2. The summed E-state index contributed by atoms with van der Waals surface area (Å²) >= 11 is 0. The Morgan fingerprint density at radius 1 is 1.56 bits per heavy atom. The van der Waals surface area contributed by atoms with Crippen molar-refractivity contribution < 1.29 is 9.90 Å². The summed E-state index contributed by atoms with van der Waals surface area (Å²) < 4.78 is 0. The van der Waals surface area contributed by atoms with Gasteiger partial charge in [0.1, 0.15) is 0 Å². The number of aliphatic carboxylic acids is 1. The molecule has 1 saturated heterocycles. The van der Waals surface area contributed by atoms with E-state index in [2.05, 4.69) is 9.97 Å². The fourth-order valence-electron chi connectivity index (χ4n) is 2.43. The number of rotatable bonds is 3. The Morgan fingerprint density at radius 3 is 2.72 bits per heavy atom. The maximum absolute atomic E-state index is 11.6. The number of carboxylic acid groups (broad SMARTS) is 1. The van der Waals surface area contributed by atoms with Gasteiger partial charge in [-0.05, 0) is 19.3 Å². The van der Waals surface area contributed by atoms with Crippen LogP contribution in [0.1, 0.15) is 26.2 Å². The lowest BCUT2D eigenvalue weighted by atomic mass is 9.76. The number of aromatic amines is 1. The third-order valence-corrected chi connectivity index (χ3v) is 3.84. The average molecular weight is 251 g/mol. The molecule has 1 aliphatic rings. The van der Waals surface area contributed by atoms with Gasteiger partial charge in [0.25, 0.3) is 5.56 Å². The molecule has 2 N–H and O–H groups in total. The Kier molecular flexibility index (Phi) is 3.36. The van der Waals surface area contributed by atoms with Gasteiger partial charge in [0.05, 0.1) is 5.41 Å². The second kappa shape index (κ2) is 4.80. The Labute approximate surface area is 105 Å². The summed E-state index contributed by atoms with van der Waals surface area (Å²) in [7, 11) is 0. The zero-order valence-corrected chi connectivity index (χ0v) is 10.3. The molecule has 0 saturated carbocycles. The van der Waals surface area contributed by atoms with Crippen LogP contribution in [-0.4, -0.2) is 34.1 Å². The highest BCUT2D eigenvalue weighted by atomic mass is 16.4. The van der Waals surface area contributed by atoms with Gasteiger partial charge in [-0.2, -0.15) is 0 Å². The highest BCUT2D eigenvalue weighted by Crippen LogP contribution is 2.35. The third-order valence-electron chi connectivity index (χ3n) is 3.84. The van der Waals surface area contributed by atoms with Crippen molar-refractivity contribution >= 4 is 11.8 Å². The number of hydrogen-bond acceptors (Lipinski definition) is 4. The number of anilines is 1. The van der Waals surface area contributed by atoms with Gasteiger partial charge in [-0.3, -0.25) is 9.59 Å². The van der Waals surface area contributed by atoms with Gasteiger partial charge >= 0.3 is 5.97 Å². The van der Waals surface area contributed by atoms with Crippen molar-refractivity contribution in [3.63, 3.8) is 0 Å². The summed E-state index contributed by atoms with van der Waals surface area (Å²) in [5, 5.41) is 9.30. The summed E-state index contributed by atoms with van der Waals surface area (Å²) in [6.07, 6.45) is 4.75. The monoisotopic (exact) mass is 251 g/mol. The van der Waals surface area contributed by atoms with Gasteiger partial charge in [0, 0.05) is 25.5 Å². The second-order valence-electron chi connectivity index (χ2n) is 4.67. The van der Waals surface area contributed by atoms with Crippen LogP contribution < -0.4 is 10.5 Å². The van der Waals surface area contributed by atoms with Crippen LogP contribution in [0.15, 0.2) is 17.2 Å². The first-order chi connectivity index (χ1) is 8.59. The lowest BCUT2D eigenvalue weighted by molar-refractivity contribution is -0.150. The van der Waals surface area contributed by atoms with Crippen LogP contribution >= 0.6 is 0 Å². The van der Waals surface area contributed by atoms with E-state index in [-0.39, 0.29) is 5.56 Å². The normalized spacial score (nSPS) is 18.6. The summed E-state index contributed by atoms with van der Waals surface area (Å²) in [5.41, 5.74) is -0.866. The number of nitrogens with zero attached hydrogens (tertiary/aromatic N) is 2. The first-order valence-corrected chi connectivity index (χ1v) is 6.11. The molecule has 2 heterocycles. The van der Waals surface area contributed by atoms with Crippen LogP contribution in [0.4, 0.5) is 5.82 Å². The van der Waals surface area contributed by atoms with E-state index in [4.69, 9.17) is 0 Å². The molecule has 6 heteroatoms. The molecular weight excluding hydrogens is 234 g/mol. The van der Waals surface area contributed by atoms with E-state index in [0.29, 0.717) is 38.2 Å². The van der Waals surface area contributed by atoms with E-state index in [9.17, 15) is 14.7 Å². The number of hydrogen-bond donors (Lipinski definition) is 2. The minimum atomic E-state index is -0.736. The molecule has 1 aromatic heterocycles. The zero-order chi connectivity index (χ0) is 13.2. The van der Waals surface area contributed by atoms with Crippen LogP contribution in [0.2, 0.25) is 0 Å². The van der Waals surface area contributed by atoms with E-state index < -0.39 is 11.4 Å². The van der Waals surface area contributed by atoms with Crippen molar-refractivity contribution in [2.24, 2.45) is 5.41 Å². The molecule has 0 spiro atoms. The van der Waals surface area contributed by atoms with Gasteiger partial charge in [-0.25, -0.2) is 4.98 Å². The van der Waals surface area contributed by atoms with Crippen LogP contribution in [0, 0.1) is 5.41 Å². The van der Waals surface area contributed by atoms with Crippen molar-refractivity contribution in [2.75, 3.05) is 18.0 Å². The SMILES string of the molecule is CCC1(C(=O)O)CCN(c2ncc[nH]c2=O)CC1. The minimum Gasteiger partial charge on any atom is -0.481 e. The topological polar surface area (TPSA) is 86.3 Å². The van der Waals surface area contributed by atoms with Gasteiger partial charge in [0.2, 0.25) is 0 Å². The predicted octanol–water partition coefficient (Wildman–Crippen LogP) is 0.851. The molecule has 1 fully saturated rings. The van der Waals surface area contributed by atoms with E-state index in [1.54, 1.807) is 0 Å². The Balaban J connectivity index is 2.14. The van der Waals surface area contributed by atoms with Gasteiger partial charge in [-0.1, -0.05) is 6.92 Å². The average Bonchev–Trinajstić information content (AvgIpc) is 2.39. The van der Waals surface area contributed by atoms with Crippen molar-refractivity contribution in [3.8, 4) is 0 Å². The van der Waals surface area contributed by atoms with E-state index in [1.165, 1.54) is 12.4 Å². The van der Waals surface area contributed by atoms with Gasteiger partial charge < -0.3 is 15.0 Å². The fourth-order valence-corrected chi connectivity index (χ4v) is 2.43. The smallest absolute Gasteiger partial charge is 0.309 e. The van der Waals surface area contributed by atoms with Crippen molar-refractivity contribution in [3.05, 3.63) is 22.7 Å². The molecule has 1 aromatic rings. The van der Waals surface area contributed by atoms with Crippen LogP contribution in [-0.2, 0) is 4.79 Å². The van der Waals surface area contributed by atoms with Crippen molar-refractivity contribution in [1.29, 1.82) is 0 Å². The fraction of sp³-hybridized carbons (Fsp3) is 0.583. The molecule has 0 bridgehead atoms. The maximum Gasteiger partial charge on any atom is 0.309 e. The van der Waals surface area contributed by atoms with Crippen molar-refractivity contribution in [2.45, 2.75) is 26.2 Å². The number of carboxylic acids is 1. The first-order valence-electron chi connectivity index (χ1n) is 6.11. The van der Waals surface area contributed by atoms with Crippen LogP contribution in [0.3, 0.4) is 0 Å². The predicted molar refractivity (Wildman–Crippen MR) is 66.7 cm³/mol. The minimum absolute atomic E-state index is 0.225. The van der Waals surface area contributed by atoms with Gasteiger partial charge in [-0.15, -0.1) is 0 Å². The Morgan fingerprint density at radius 2 is 2.22 bits per heavy atom. The standard InChI is InChI=1S/C12H17N3O3/c1-2-12(11(17)18)3-7-15(8-4-12)9-10(16)14-6-5-13-9/h5-6H,2-4,7-8H2,1H3,(H,14,16)(H,17,18). The first kappa shape index (κ1) is 12.6. The molecule has 2 rings (SSSR count). The number of carbonyl (C=O) groups is 1. The summed E-state index contributed by atoms with van der Waals surface area (Å²) in [6, 6.07) is 0. The molecule has 98 valence electrons. The molecule has 0 amide bonds. The molecule has 18 heavy (non-hydrogen) atoms. The summed E-state index contributed by atoms with van der Waals surface area (Å²) in [6.45, 7) is 3.01. The van der Waals surface area contributed by atoms with E-state index in [0.717, 1.165) is 0 Å². The lowest BCUT2D eigenvalue weighted by Crippen LogP contribution is -2.45. The van der Waals surface area contributed by atoms with E-state index >= 15 is 0 Å². The quantitative estimate of drug-likeness (QED) is 0.831. The van der Waals surface area contributed by atoms with Crippen molar-refractivity contribution in [1.82, 2.24) is 9.97 Å². The van der Waals surface area contributed by atoms with Gasteiger partial charge in [0.15, 0.2) is 5.82 Å². The second-order valence-corrected chi connectivity index (χ2v) is 4.67. The highest BCUT2D eigenvalue weighted by molar-refractivity contribution is 5.75. The molecule has 6 nitrogen and oxygen atoms in total. The van der Waals surface area contributed by atoms with E-state index in [1.807, 2.05) is 11.8 Å². The molecular formula is C12H17N3O3. The Hall–Kier alpha value is -1.85. The lowest BCUT2D eigenvalue weighted by Gasteiger charge is -2.38. The number of nitrogens with one attached hydrogen (secondary N) is 1. The number of piperidine rings is 1. The van der Waals surface area contributed by atoms with Crippen LogP contribution in [0.5, 0.6) is 0 Å². The molecule has 0 aromatic carbocycles. The highest BCUT2D eigenvalue weighted by Gasteiger charge is 2.40. The molecule has 1 aliphatic heterocycles. The zero-order valence-electron chi connectivity index (χ0n) is 10.3. The maximum atomic E-state index is 11.6. The molecule has 0 unspecified atom stereocenters. The third kappa shape index (κ3) is 2.10. The summed E-state index contributed by atoms with van der Waals surface area (Å²) in [4.78, 5) is 31.4. The Bertz CT molecular complexity index is 489. The molecule has 0 atom stereocenters. The summed E-state index contributed by atoms with van der Waals surface area (Å²) in [5.74, 6) is -0.354. The molecule has 0 radical (unpaired) electrons. The van der Waals surface area contributed by atoms with Crippen LogP contribution in [0.25, 0.3) is 0 Å².